The number of anilines is 1. The van der Waals surface area contributed by atoms with Gasteiger partial charge in [0, 0.05) is 39.8 Å². The van der Waals surface area contributed by atoms with Crippen LogP contribution in [0.3, 0.4) is 0 Å². The van der Waals surface area contributed by atoms with Crippen molar-refractivity contribution >= 4 is 17.8 Å². The van der Waals surface area contributed by atoms with E-state index in [2.05, 4.69) is 4.98 Å². The highest BCUT2D eigenvalue weighted by Gasteiger charge is 2.24. The zero-order valence-corrected chi connectivity index (χ0v) is 14.7. The predicted molar refractivity (Wildman–Crippen MR) is 98.3 cm³/mol. The Bertz CT molecular complexity index is 773. The van der Waals surface area contributed by atoms with Gasteiger partial charge < -0.3 is 19.8 Å². The monoisotopic (exact) mass is 354 g/mol. The number of piperazine rings is 1. The molecule has 1 saturated heterocycles. The van der Waals surface area contributed by atoms with E-state index in [1.165, 1.54) is 6.07 Å². The quantitative estimate of drug-likeness (QED) is 0.910. The molecule has 2 amide bonds. The van der Waals surface area contributed by atoms with Gasteiger partial charge in [0.05, 0.1) is 0 Å². The van der Waals surface area contributed by atoms with Gasteiger partial charge >= 0.3 is 12.0 Å². The van der Waals surface area contributed by atoms with E-state index < -0.39 is 5.97 Å². The summed E-state index contributed by atoms with van der Waals surface area (Å²) in [5.41, 5.74) is 1.13. The van der Waals surface area contributed by atoms with E-state index in [1.54, 1.807) is 24.1 Å². The molecule has 2 heterocycles. The Kier molecular flexibility index (Phi) is 5.36. The molecule has 7 nitrogen and oxygen atoms in total. The molecule has 1 aliphatic heterocycles. The second-order valence-corrected chi connectivity index (χ2v) is 6.28. The van der Waals surface area contributed by atoms with Gasteiger partial charge in [0.25, 0.3) is 0 Å². The molecule has 1 N–H and O–H groups in total. The number of hydrogen-bond donors (Lipinski definition) is 1. The summed E-state index contributed by atoms with van der Waals surface area (Å²) in [7, 11) is 1.81. The second-order valence-electron chi connectivity index (χ2n) is 6.28. The van der Waals surface area contributed by atoms with Crippen LogP contribution >= 0.6 is 0 Å². The summed E-state index contributed by atoms with van der Waals surface area (Å²) in [5, 5.41) is 9.07. The van der Waals surface area contributed by atoms with E-state index in [-0.39, 0.29) is 11.7 Å². The number of carboxylic acids is 1. The van der Waals surface area contributed by atoms with Crippen LogP contribution in [0.5, 0.6) is 0 Å². The van der Waals surface area contributed by atoms with Crippen molar-refractivity contribution in [3.8, 4) is 0 Å². The lowest BCUT2D eigenvalue weighted by molar-refractivity contribution is 0.0690. The first-order valence-corrected chi connectivity index (χ1v) is 8.54. The smallest absolute Gasteiger partial charge is 0.354 e. The molecule has 0 saturated carbocycles. The molecule has 1 aromatic carbocycles. The highest BCUT2D eigenvalue weighted by Crippen LogP contribution is 2.15. The maximum absolute atomic E-state index is 12.6. The minimum absolute atomic E-state index is 0.000693. The number of benzene rings is 1. The SMILES string of the molecule is CN(Cc1ccccc1)C(=O)N1CCN(c2cccc(C(=O)O)n2)CC1. The summed E-state index contributed by atoms with van der Waals surface area (Å²) in [4.78, 5) is 33.4. The molecule has 0 unspecified atom stereocenters. The number of carbonyl (C=O) groups is 2. The van der Waals surface area contributed by atoms with E-state index in [1.807, 2.05) is 40.1 Å². The van der Waals surface area contributed by atoms with Crippen LogP contribution in [0.4, 0.5) is 10.6 Å². The zero-order chi connectivity index (χ0) is 18.5. The molecule has 3 rings (SSSR count). The molecule has 1 aromatic heterocycles. The van der Waals surface area contributed by atoms with E-state index >= 15 is 0 Å². The topological polar surface area (TPSA) is 77.0 Å². The predicted octanol–water partition coefficient (Wildman–Crippen LogP) is 2.15. The van der Waals surface area contributed by atoms with Crippen molar-refractivity contribution in [1.29, 1.82) is 0 Å². The maximum Gasteiger partial charge on any atom is 0.354 e. The van der Waals surface area contributed by atoms with Crippen LogP contribution in [0, 0.1) is 0 Å². The summed E-state index contributed by atoms with van der Waals surface area (Å²) >= 11 is 0. The van der Waals surface area contributed by atoms with Crippen LogP contribution in [-0.4, -0.2) is 65.1 Å². The fraction of sp³-hybridized carbons (Fsp3) is 0.316. The summed E-state index contributed by atoms with van der Waals surface area (Å²) < 4.78 is 0. The average molecular weight is 354 g/mol. The average Bonchev–Trinajstić information content (AvgIpc) is 2.68. The number of aromatic carboxylic acids is 1. The number of amides is 2. The third-order valence-corrected chi connectivity index (χ3v) is 4.42. The minimum Gasteiger partial charge on any atom is -0.477 e. The highest BCUT2D eigenvalue weighted by molar-refractivity contribution is 5.85. The molecule has 0 bridgehead atoms. The zero-order valence-electron chi connectivity index (χ0n) is 14.7. The molecule has 0 atom stereocenters. The van der Waals surface area contributed by atoms with E-state index in [0.717, 1.165) is 5.56 Å². The molecule has 2 aromatic rings. The van der Waals surface area contributed by atoms with E-state index in [0.29, 0.717) is 38.5 Å². The largest absolute Gasteiger partial charge is 0.477 e. The van der Waals surface area contributed by atoms with Gasteiger partial charge in [0.15, 0.2) is 5.69 Å². The fourth-order valence-electron chi connectivity index (χ4n) is 3.01. The van der Waals surface area contributed by atoms with Crippen molar-refractivity contribution in [2.24, 2.45) is 0 Å². The molecule has 0 aliphatic carbocycles. The van der Waals surface area contributed by atoms with Gasteiger partial charge in [-0.25, -0.2) is 14.6 Å². The van der Waals surface area contributed by atoms with Gasteiger partial charge in [-0.1, -0.05) is 36.4 Å². The Labute approximate surface area is 152 Å². The number of carbonyl (C=O) groups excluding carboxylic acids is 1. The first kappa shape index (κ1) is 17.7. The van der Waals surface area contributed by atoms with Gasteiger partial charge in [-0.15, -0.1) is 0 Å². The Morgan fingerprint density at radius 3 is 2.38 bits per heavy atom. The summed E-state index contributed by atoms with van der Waals surface area (Å²) in [6.07, 6.45) is 0. The van der Waals surface area contributed by atoms with Gasteiger partial charge in [0.2, 0.25) is 0 Å². The lowest BCUT2D eigenvalue weighted by atomic mass is 10.2. The number of aromatic nitrogens is 1. The van der Waals surface area contributed by atoms with Crippen LogP contribution in [0.2, 0.25) is 0 Å². The van der Waals surface area contributed by atoms with Crippen molar-refractivity contribution in [1.82, 2.24) is 14.8 Å². The second kappa shape index (κ2) is 7.86. The molecule has 136 valence electrons. The molecule has 1 fully saturated rings. The number of rotatable bonds is 4. The molecule has 0 spiro atoms. The number of nitrogens with zero attached hydrogens (tertiary/aromatic N) is 4. The van der Waals surface area contributed by atoms with Crippen LogP contribution in [0.25, 0.3) is 0 Å². The molecular weight excluding hydrogens is 332 g/mol. The van der Waals surface area contributed by atoms with Crippen molar-refractivity contribution in [2.75, 3.05) is 38.1 Å². The normalized spacial score (nSPS) is 14.2. The summed E-state index contributed by atoms with van der Waals surface area (Å²) in [5.74, 6) is -0.405. The third kappa shape index (κ3) is 4.11. The van der Waals surface area contributed by atoms with Crippen molar-refractivity contribution in [3.63, 3.8) is 0 Å². The fourth-order valence-corrected chi connectivity index (χ4v) is 3.01. The van der Waals surface area contributed by atoms with Crippen molar-refractivity contribution in [3.05, 3.63) is 59.8 Å². The first-order chi connectivity index (χ1) is 12.5. The maximum atomic E-state index is 12.6. The van der Waals surface area contributed by atoms with Crippen LogP contribution in [0.15, 0.2) is 48.5 Å². The summed E-state index contributed by atoms with van der Waals surface area (Å²) in [6, 6.07) is 14.9. The lowest BCUT2D eigenvalue weighted by Crippen LogP contribution is -2.52. The molecule has 7 heteroatoms. The van der Waals surface area contributed by atoms with Gasteiger partial charge in [-0.05, 0) is 17.7 Å². The van der Waals surface area contributed by atoms with E-state index in [9.17, 15) is 9.59 Å². The Morgan fingerprint density at radius 1 is 1.04 bits per heavy atom. The minimum atomic E-state index is -1.04. The lowest BCUT2D eigenvalue weighted by Gasteiger charge is -2.37. The Balaban J connectivity index is 1.57. The third-order valence-electron chi connectivity index (χ3n) is 4.42. The van der Waals surface area contributed by atoms with Crippen LogP contribution < -0.4 is 4.90 Å². The van der Waals surface area contributed by atoms with Crippen LogP contribution in [0.1, 0.15) is 16.1 Å². The summed E-state index contributed by atoms with van der Waals surface area (Å²) in [6.45, 7) is 2.98. The standard InChI is InChI=1S/C19H22N4O3/c1-21(14-15-6-3-2-4-7-15)19(26)23-12-10-22(11-13-23)17-9-5-8-16(20-17)18(24)25/h2-9H,10-14H2,1H3,(H,24,25). The Morgan fingerprint density at radius 2 is 1.73 bits per heavy atom. The number of hydrogen-bond acceptors (Lipinski definition) is 4. The number of pyridine rings is 1. The number of urea groups is 1. The van der Waals surface area contributed by atoms with Crippen molar-refractivity contribution in [2.45, 2.75) is 6.54 Å². The molecule has 1 aliphatic rings. The Hall–Kier alpha value is -3.09. The van der Waals surface area contributed by atoms with Gasteiger partial charge in [0.1, 0.15) is 5.82 Å². The van der Waals surface area contributed by atoms with Gasteiger partial charge in [-0.2, -0.15) is 0 Å². The van der Waals surface area contributed by atoms with Gasteiger partial charge in [-0.3, -0.25) is 0 Å². The first-order valence-electron chi connectivity index (χ1n) is 8.54. The molecular formula is C19H22N4O3. The van der Waals surface area contributed by atoms with Crippen molar-refractivity contribution < 1.29 is 14.7 Å². The molecule has 26 heavy (non-hydrogen) atoms. The molecule has 0 radical (unpaired) electrons. The van der Waals surface area contributed by atoms with Crippen LogP contribution in [-0.2, 0) is 6.54 Å². The highest BCUT2D eigenvalue weighted by atomic mass is 16.4. The number of carboxylic acid groups (broad SMARTS) is 1. The van der Waals surface area contributed by atoms with E-state index in [4.69, 9.17) is 5.11 Å².